The number of para-hydroxylation sites is 1. The lowest BCUT2D eigenvalue weighted by atomic mass is 9.67. The molecular formula is C16H20N2OS. The number of nitrogens with zero attached hydrogens (tertiary/aromatic N) is 1. The van der Waals surface area contributed by atoms with Crippen LogP contribution in [0.25, 0.3) is 0 Å². The summed E-state index contributed by atoms with van der Waals surface area (Å²) in [7, 11) is 0. The number of carbonyl (C=O) groups excluding carboxylic acids is 1. The SMILES string of the molecule is CC1Cc2ccccc2N(C(=O)C2(C(N)=S)CCC2)C1. The number of nitrogens with two attached hydrogens (primary N) is 1. The Morgan fingerprint density at radius 2 is 2.10 bits per heavy atom. The fraction of sp³-hybridized carbons (Fsp3) is 0.500. The number of carbonyl (C=O) groups is 1. The van der Waals surface area contributed by atoms with Crippen molar-refractivity contribution < 1.29 is 4.79 Å². The number of rotatable bonds is 2. The Bertz CT molecular complexity index is 565. The molecule has 0 aromatic heterocycles. The molecule has 2 aliphatic rings. The van der Waals surface area contributed by atoms with Gasteiger partial charge in [-0.3, -0.25) is 4.79 Å². The molecule has 3 rings (SSSR count). The van der Waals surface area contributed by atoms with Gasteiger partial charge in [-0.05, 0) is 36.8 Å². The third kappa shape index (κ3) is 1.94. The Morgan fingerprint density at radius 3 is 2.70 bits per heavy atom. The van der Waals surface area contributed by atoms with Crippen molar-refractivity contribution in [1.29, 1.82) is 0 Å². The van der Waals surface area contributed by atoms with Gasteiger partial charge in [0.15, 0.2) is 0 Å². The minimum absolute atomic E-state index is 0.107. The van der Waals surface area contributed by atoms with Gasteiger partial charge in [0.1, 0.15) is 0 Å². The summed E-state index contributed by atoms with van der Waals surface area (Å²) in [6.07, 6.45) is 3.66. The Morgan fingerprint density at radius 1 is 1.40 bits per heavy atom. The summed E-state index contributed by atoms with van der Waals surface area (Å²) in [5.74, 6) is 0.576. The van der Waals surface area contributed by atoms with Gasteiger partial charge in [0.05, 0.1) is 10.4 Å². The molecule has 3 nitrogen and oxygen atoms in total. The highest BCUT2D eigenvalue weighted by atomic mass is 32.1. The maximum absolute atomic E-state index is 13.0. The van der Waals surface area contributed by atoms with Gasteiger partial charge in [-0.15, -0.1) is 0 Å². The molecule has 1 atom stereocenters. The molecule has 1 heterocycles. The maximum atomic E-state index is 13.0. The van der Waals surface area contributed by atoms with E-state index in [1.54, 1.807) is 0 Å². The lowest BCUT2D eigenvalue weighted by molar-refractivity contribution is -0.128. The zero-order valence-electron chi connectivity index (χ0n) is 11.8. The number of amides is 1. The Hall–Kier alpha value is -1.42. The van der Waals surface area contributed by atoms with Crippen LogP contribution in [0.2, 0.25) is 0 Å². The molecule has 20 heavy (non-hydrogen) atoms. The molecule has 0 spiro atoms. The second-order valence-corrected chi connectivity index (χ2v) is 6.59. The van der Waals surface area contributed by atoms with E-state index in [1.807, 2.05) is 23.1 Å². The van der Waals surface area contributed by atoms with Crippen LogP contribution in [0.3, 0.4) is 0 Å². The average molecular weight is 288 g/mol. The van der Waals surface area contributed by atoms with Gasteiger partial charge in [0.25, 0.3) is 0 Å². The molecule has 1 unspecified atom stereocenters. The van der Waals surface area contributed by atoms with Gasteiger partial charge in [-0.25, -0.2) is 0 Å². The fourth-order valence-electron chi connectivity index (χ4n) is 3.34. The second kappa shape index (κ2) is 4.85. The molecule has 1 aliphatic carbocycles. The van der Waals surface area contributed by atoms with Crippen LogP contribution in [0.1, 0.15) is 31.7 Å². The predicted octanol–water partition coefficient (Wildman–Crippen LogP) is 2.67. The second-order valence-electron chi connectivity index (χ2n) is 6.15. The molecule has 1 fully saturated rings. The lowest BCUT2D eigenvalue weighted by Gasteiger charge is -2.45. The lowest BCUT2D eigenvalue weighted by Crippen LogP contribution is -2.56. The minimum atomic E-state index is -0.584. The summed E-state index contributed by atoms with van der Waals surface area (Å²) < 4.78 is 0. The maximum Gasteiger partial charge on any atom is 0.240 e. The van der Waals surface area contributed by atoms with E-state index >= 15 is 0 Å². The normalized spacial score (nSPS) is 23.6. The molecule has 0 saturated heterocycles. The van der Waals surface area contributed by atoms with Crippen LogP contribution >= 0.6 is 12.2 Å². The van der Waals surface area contributed by atoms with Gasteiger partial charge in [-0.2, -0.15) is 0 Å². The Kier molecular flexibility index (Phi) is 3.28. The van der Waals surface area contributed by atoms with E-state index in [-0.39, 0.29) is 5.91 Å². The summed E-state index contributed by atoms with van der Waals surface area (Å²) in [4.78, 5) is 15.3. The monoisotopic (exact) mass is 288 g/mol. The van der Waals surface area contributed by atoms with Gasteiger partial charge < -0.3 is 10.6 Å². The third-order valence-electron chi connectivity index (χ3n) is 4.68. The molecule has 1 aromatic carbocycles. The van der Waals surface area contributed by atoms with E-state index in [9.17, 15) is 4.79 Å². The van der Waals surface area contributed by atoms with E-state index in [2.05, 4.69) is 13.0 Å². The van der Waals surface area contributed by atoms with Crippen molar-refractivity contribution in [3.05, 3.63) is 29.8 Å². The van der Waals surface area contributed by atoms with Crippen molar-refractivity contribution in [2.24, 2.45) is 17.1 Å². The van der Waals surface area contributed by atoms with E-state index < -0.39 is 5.41 Å². The highest BCUT2D eigenvalue weighted by molar-refractivity contribution is 7.80. The van der Waals surface area contributed by atoms with Crippen molar-refractivity contribution in [1.82, 2.24) is 0 Å². The first-order valence-electron chi connectivity index (χ1n) is 7.24. The molecule has 1 aliphatic heterocycles. The number of anilines is 1. The smallest absolute Gasteiger partial charge is 0.240 e. The molecule has 1 amide bonds. The predicted molar refractivity (Wildman–Crippen MR) is 84.7 cm³/mol. The summed E-state index contributed by atoms with van der Waals surface area (Å²) in [5.41, 5.74) is 7.58. The van der Waals surface area contributed by atoms with E-state index in [1.165, 1.54) is 5.56 Å². The minimum Gasteiger partial charge on any atom is -0.392 e. The molecule has 1 saturated carbocycles. The van der Waals surface area contributed by atoms with Crippen molar-refractivity contribution in [2.75, 3.05) is 11.4 Å². The van der Waals surface area contributed by atoms with Crippen LogP contribution in [-0.2, 0) is 11.2 Å². The fourth-order valence-corrected chi connectivity index (χ4v) is 3.63. The number of fused-ring (bicyclic) bond motifs is 1. The number of hydrogen-bond acceptors (Lipinski definition) is 2. The van der Waals surface area contributed by atoms with Crippen molar-refractivity contribution >= 4 is 28.8 Å². The van der Waals surface area contributed by atoms with E-state index in [0.717, 1.165) is 37.9 Å². The zero-order valence-corrected chi connectivity index (χ0v) is 12.6. The largest absolute Gasteiger partial charge is 0.392 e. The first kappa shape index (κ1) is 13.6. The molecule has 4 heteroatoms. The quantitative estimate of drug-likeness (QED) is 0.851. The molecule has 0 bridgehead atoms. The highest BCUT2D eigenvalue weighted by Gasteiger charge is 2.50. The number of hydrogen-bond donors (Lipinski definition) is 1. The van der Waals surface area contributed by atoms with Crippen LogP contribution in [0, 0.1) is 11.3 Å². The summed E-state index contributed by atoms with van der Waals surface area (Å²) in [6, 6.07) is 8.17. The van der Waals surface area contributed by atoms with E-state index in [4.69, 9.17) is 18.0 Å². The average Bonchev–Trinajstić information content (AvgIpc) is 2.35. The summed E-state index contributed by atoms with van der Waals surface area (Å²) in [5, 5.41) is 0. The molecule has 1 aromatic rings. The van der Waals surface area contributed by atoms with Crippen molar-refractivity contribution in [3.63, 3.8) is 0 Å². The first-order valence-corrected chi connectivity index (χ1v) is 7.65. The van der Waals surface area contributed by atoms with Gasteiger partial charge in [-0.1, -0.05) is 43.8 Å². The van der Waals surface area contributed by atoms with Crippen LogP contribution in [0.15, 0.2) is 24.3 Å². The summed E-state index contributed by atoms with van der Waals surface area (Å²) in [6.45, 7) is 2.95. The topological polar surface area (TPSA) is 46.3 Å². The molecule has 0 radical (unpaired) electrons. The van der Waals surface area contributed by atoms with E-state index in [0.29, 0.717) is 10.9 Å². The first-order chi connectivity index (χ1) is 9.54. The van der Waals surface area contributed by atoms with Gasteiger partial charge in [0, 0.05) is 12.2 Å². The van der Waals surface area contributed by atoms with Crippen LogP contribution in [0.5, 0.6) is 0 Å². The van der Waals surface area contributed by atoms with Gasteiger partial charge >= 0.3 is 0 Å². The highest BCUT2D eigenvalue weighted by Crippen LogP contribution is 2.45. The molecule has 106 valence electrons. The number of benzene rings is 1. The molecule has 2 N–H and O–H groups in total. The molecular weight excluding hydrogens is 268 g/mol. The standard InChI is InChI=1S/C16H20N2OS/c1-11-9-12-5-2-3-6-13(12)18(10-11)15(19)16(14(17)20)7-4-8-16/h2-3,5-6,11H,4,7-10H2,1H3,(H2,17,20). The van der Waals surface area contributed by atoms with Crippen LogP contribution in [-0.4, -0.2) is 17.4 Å². The summed E-state index contributed by atoms with van der Waals surface area (Å²) >= 11 is 5.18. The van der Waals surface area contributed by atoms with Crippen molar-refractivity contribution in [3.8, 4) is 0 Å². The Labute approximate surface area is 125 Å². The van der Waals surface area contributed by atoms with Crippen LogP contribution < -0.4 is 10.6 Å². The van der Waals surface area contributed by atoms with Crippen LogP contribution in [0.4, 0.5) is 5.69 Å². The number of thiocarbonyl (C=S) groups is 1. The van der Waals surface area contributed by atoms with Gasteiger partial charge in [0.2, 0.25) is 5.91 Å². The zero-order chi connectivity index (χ0) is 14.3. The third-order valence-corrected chi connectivity index (χ3v) is 5.07. The van der Waals surface area contributed by atoms with Crippen molar-refractivity contribution in [2.45, 2.75) is 32.6 Å². The Balaban J connectivity index is 1.98.